The monoisotopic (exact) mass is 410 g/mol. The van der Waals surface area contributed by atoms with Crippen LogP contribution >= 0.6 is 0 Å². The van der Waals surface area contributed by atoms with E-state index in [1.807, 2.05) is 31.2 Å². The summed E-state index contributed by atoms with van der Waals surface area (Å²) in [7, 11) is 0. The maximum absolute atomic E-state index is 13.4. The third-order valence-electron chi connectivity index (χ3n) is 4.90. The van der Waals surface area contributed by atoms with Gasteiger partial charge in [0.15, 0.2) is 6.10 Å². The third kappa shape index (κ3) is 4.40. The van der Waals surface area contributed by atoms with Crippen LogP contribution in [0.4, 0.5) is 4.39 Å². The number of alkyl halides is 1. The summed E-state index contributed by atoms with van der Waals surface area (Å²) in [5.74, 6) is -1.62. The van der Waals surface area contributed by atoms with Crippen molar-refractivity contribution < 1.29 is 39.1 Å². The standard InChI is InChI=1S/C19H23FN2O7/c1-2-9-3-5-10(6-4-9)7-11-12(8-20)21-22-17(11)29-19-15(25)13(23)14(24)16(28-19)18(26)27/h3-6,13-16,19,23-25H,2,7-8H2,1H3,(H,21,22)(H,26,27)/t13-,14-,15+,16-,19-/m0/s1. The number of nitrogens with one attached hydrogen (secondary N) is 1. The molecule has 2 heterocycles. The summed E-state index contributed by atoms with van der Waals surface area (Å²) in [6.07, 6.45) is -7.64. The van der Waals surface area contributed by atoms with Gasteiger partial charge in [0, 0.05) is 12.0 Å². The molecule has 1 saturated heterocycles. The van der Waals surface area contributed by atoms with E-state index in [9.17, 15) is 24.5 Å². The number of carboxylic acid groups (broad SMARTS) is 1. The van der Waals surface area contributed by atoms with Gasteiger partial charge in [-0.25, -0.2) is 9.18 Å². The van der Waals surface area contributed by atoms with Crippen molar-refractivity contribution in [2.24, 2.45) is 0 Å². The fourth-order valence-electron chi connectivity index (χ4n) is 3.13. The molecular formula is C19H23FN2O7. The minimum Gasteiger partial charge on any atom is -0.479 e. The largest absolute Gasteiger partial charge is 0.479 e. The Labute approximate surface area is 165 Å². The molecular weight excluding hydrogens is 387 g/mol. The first-order chi connectivity index (χ1) is 13.8. The maximum Gasteiger partial charge on any atom is 0.335 e. The molecule has 0 amide bonds. The number of aliphatic carboxylic acids is 1. The van der Waals surface area contributed by atoms with Crippen molar-refractivity contribution in [3.05, 3.63) is 46.6 Å². The van der Waals surface area contributed by atoms with Crippen LogP contribution in [-0.2, 0) is 29.0 Å². The van der Waals surface area contributed by atoms with Crippen LogP contribution < -0.4 is 4.74 Å². The first kappa shape index (κ1) is 21.2. The number of aliphatic hydroxyl groups excluding tert-OH is 3. The van der Waals surface area contributed by atoms with Gasteiger partial charge in [0.25, 0.3) is 0 Å². The van der Waals surface area contributed by atoms with Gasteiger partial charge in [0.05, 0.1) is 5.69 Å². The molecule has 9 nitrogen and oxygen atoms in total. The minimum atomic E-state index is -1.83. The average molecular weight is 410 g/mol. The van der Waals surface area contributed by atoms with Crippen molar-refractivity contribution in [1.82, 2.24) is 10.2 Å². The minimum absolute atomic E-state index is 0.0889. The number of aryl methyl sites for hydroxylation is 1. The third-order valence-corrected chi connectivity index (χ3v) is 4.90. The van der Waals surface area contributed by atoms with E-state index < -0.39 is 43.3 Å². The fraction of sp³-hybridized carbons (Fsp3) is 0.474. The van der Waals surface area contributed by atoms with Crippen molar-refractivity contribution in [1.29, 1.82) is 0 Å². The zero-order chi connectivity index (χ0) is 21.1. The lowest BCUT2D eigenvalue weighted by atomic mass is 9.99. The maximum atomic E-state index is 13.4. The van der Waals surface area contributed by atoms with E-state index >= 15 is 0 Å². The number of ether oxygens (including phenoxy) is 2. The van der Waals surface area contributed by atoms with Crippen LogP contribution in [0.5, 0.6) is 5.88 Å². The molecule has 0 spiro atoms. The highest BCUT2D eigenvalue weighted by Gasteiger charge is 2.48. The SMILES string of the molecule is CCc1ccc(Cc2c(O[C@@H]3O[C@H](C(=O)O)[C@@H](O)[C@H](O)[C@H]3O)n[nH]c2CF)cc1. The number of carboxylic acids is 1. The van der Waals surface area contributed by atoms with Gasteiger partial charge in [-0.3, -0.25) is 5.10 Å². The number of aliphatic hydroxyl groups is 3. The van der Waals surface area contributed by atoms with Gasteiger partial charge in [0.2, 0.25) is 12.2 Å². The molecule has 0 saturated carbocycles. The topological polar surface area (TPSA) is 145 Å². The van der Waals surface area contributed by atoms with Crippen LogP contribution in [0, 0.1) is 0 Å². The number of hydrogen-bond acceptors (Lipinski definition) is 7. The van der Waals surface area contributed by atoms with Gasteiger partial charge in [0.1, 0.15) is 25.0 Å². The summed E-state index contributed by atoms with van der Waals surface area (Å²) in [5.41, 5.74) is 2.56. The van der Waals surface area contributed by atoms with Crippen LogP contribution in [0.3, 0.4) is 0 Å². The van der Waals surface area contributed by atoms with Gasteiger partial charge in [-0.2, -0.15) is 0 Å². The van der Waals surface area contributed by atoms with E-state index in [1.54, 1.807) is 0 Å². The molecule has 1 aromatic carbocycles. The van der Waals surface area contributed by atoms with Crippen molar-refractivity contribution in [2.75, 3.05) is 0 Å². The normalized spacial score (nSPS) is 27.0. The quantitative estimate of drug-likeness (QED) is 0.438. The van der Waals surface area contributed by atoms with E-state index in [-0.39, 0.29) is 18.0 Å². The molecule has 1 aliphatic rings. The van der Waals surface area contributed by atoms with Crippen LogP contribution in [0.25, 0.3) is 0 Å². The van der Waals surface area contributed by atoms with Gasteiger partial charge in [-0.1, -0.05) is 31.2 Å². The van der Waals surface area contributed by atoms with E-state index in [0.717, 1.165) is 17.5 Å². The highest BCUT2D eigenvalue weighted by atomic mass is 19.1. The molecule has 3 rings (SSSR count). The Balaban J connectivity index is 1.83. The Bertz CT molecular complexity index is 842. The van der Waals surface area contributed by atoms with Crippen LogP contribution in [-0.4, -0.2) is 67.3 Å². The Morgan fingerprint density at radius 2 is 1.83 bits per heavy atom. The van der Waals surface area contributed by atoms with E-state index in [4.69, 9.17) is 14.6 Å². The Hall–Kier alpha value is -2.53. The number of aromatic amines is 1. The lowest BCUT2D eigenvalue weighted by Crippen LogP contribution is -2.61. The molecule has 1 fully saturated rings. The van der Waals surface area contributed by atoms with Gasteiger partial charge in [-0.05, 0) is 17.5 Å². The lowest BCUT2D eigenvalue weighted by Gasteiger charge is -2.38. The van der Waals surface area contributed by atoms with Crippen LogP contribution in [0.1, 0.15) is 29.3 Å². The lowest BCUT2D eigenvalue weighted by molar-refractivity contribution is -0.271. The second-order valence-corrected chi connectivity index (χ2v) is 6.82. The Kier molecular flexibility index (Phi) is 6.48. The molecule has 0 unspecified atom stereocenters. The van der Waals surface area contributed by atoms with Crippen molar-refractivity contribution in [3.8, 4) is 5.88 Å². The van der Waals surface area contributed by atoms with E-state index in [2.05, 4.69) is 10.2 Å². The summed E-state index contributed by atoms with van der Waals surface area (Å²) in [4.78, 5) is 11.2. The zero-order valence-corrected chi connectivity index (χ0v) is 15.7. The summed E-state index contributed by atoms with van der Waals surface area (Å²) in [6.45, 7) is 1.19. The van der Waals surface area contributed by atoms with E-state index in [0.29, 0.717) is 5.56 Å². The molecule has 0 radical (unpaired) electrons. The molecule has 0 bridgehead atoms. The highest BCUT2D eigenvalue weighted by Crippen LogP contribution is 2.29. The molecule has 1 aromatic heterocycles. The number of H-pyrrole nitrogens is 1. The Morgan fingerprint density at radius 3 is 2.41 bits per heavy atom. The molecule has 29 heavy (non-hydrogen) atoms. The molecule has 5 atom stereocenters. The number of rotatable bonds is 7. The summed E-state index contributed by atoms with van der Waals surface area (Å²) in [5, 5.41) is 45.3. The van der Waals surface area contributed by atoms with Gasteiger partial charge in [-0.15, -0.1) is 5.10 Å². The second-order valence-electron chi connectivity index (χ2n) is 6.82. The van der Waals surface area contributed by atoms with Crippen LogP contribution in [0.2, 0.25) is 0 Å². The zero-order valence-electron chi connectivity index (χ0n) is 15.7. The number of carbonyl (C=O) groups is 1. The molecule has 0 aliphatic carbocycles. The van der Waals surface area contributed by atoms with Gasteiger partial charge < -0.3 is 29.9 Å². The molecule has 10 heteroatoms. The molecule has 1 aliphatic heterocycles. The Morgan fingerprint density at radius 1 is 1.17 bits per heavy atom. The fourth-order valence-corrected chi connectivity index (χ4v) is 3.13. The second kappa shape index (κ2) is 8.87. The number of benzene rings is 1. The predicted molar refractivity (Wildman–Crippen MR) is 97.0 cm³/mol. The predicted octanol–water partition coefficient (Wildman–Crippen LogP) is 0.303. The molecule has 2 aromatic rings. The van der Waals surface area contributed by atoms with Crippen LogP contribution in [0.15, 0.2) is 24.3 Å². The van der Waals surface area contributed by atoms with E-state index in [1.165, 1.54) is 0 Å². The van der Waals surface area contributed by atoms with Crippen molar-refractivity contribution >= 4 is 5.97 Å². The number of halogens is 1. The summed E-state index contributed by atoms with van der Waals surface area (Å²) in [6, 6.07) is 7.69. The number of hydrogen-bond donors (Lipinski definition) is 5. The van der Waals surface area contributed by atoms with Gasteiger partial charge >= 0.3 is 5.97 Å². The van der Waals surface area contributed by atoms with Crippen molar-refractivity contribution in [2.45, 2.75) is 57.1 Å². The number of nitrogens with zero attached hydrogens (tertiary/aromatic N) is 1. The molecule has 158 valence electrons. The highest BCUT2D eigenvalue weighted by molar-refractivity contribution is 5.73. The average Bonchev–Trinajstić information content (AvgIpc) is 3.10. The van der Waals surface area contributed by atoms with Crippen molar-refractivity contribution in [3.63, 3.8) is 0 Å². The summed E-state index contributed by atoms with van der Waals surface area (Å²) >= 11 is 0. The summed E-state index contributed by atoms with van der Waals surface area (Å²) < 4.78 is 24.0. The first-order valence-corrected chi connectivity index (χ1v) is 9.14. The molecule has 5 N–H and O–H groups in total. The smallest absolute Gasteiger partial charge is 0.335 e. The number of aromatic nitrogens is 2. The first-order valence-electron chi connectivity index (χ1n) is 9.14.